The summed E-state index contributed by atoms with van der Waals surface area (Å²) in [6.45, 7) is 0.641. The molecule has 0 saturated heterocycles. The minimum Gasteiger partial charge on any atom is -0.494 e. The predicted molar refractivity (Wildman–Crippen MR) is 59.3 cm³/mol. The predicted octanol–water partition coefficient (Wildman–Crippen LogP) is 2.54. The largest absolute Gasteiger partial charge is 0.494 e. The van der Waals surface area contributed by atoms with Crippen molar-refractivity contribution in [2.24, 2.45) is 0 Å². The quantitative estimate of drug-likeness (QED) is 0.539. The first-order chi connectivity index (χ1) is 7.36. The van der Waals surface area contributed by atoms with Crippen LogP contribution in [0.5, 0.6) is 5.75 Å². The van der Waals surface area contributed by atoms with Gasteiger partial charge in [-0.2, -0.15) is 5.26 Å². The third kappa shape index (κ3) is 4.20. The van der Waals surface area contributed by atoms with Gasteiger partial charge in [-0.3, -0.25) is 0 Å². The SMILES string of the molecule is C#CCCCOc1ccc(CC#N)cc1. The summed E-state index contributed by atoms with van der Waals surface area (Å²) < 4.78 is 5.46. The molecule has 0 radical (unpaired) electrons. The second kappa shape index (κ2) is 6.51. The van der Waals surface area contributed by atoms with Crippen molar-refractivity contribution in [1.29, 1.82) is 5.26 Å². The Hall–Kier alpha value is -1.93. The van der Waals surface area contributed by atoms with Crippen LogP contribution in [-0.4, -0.2) is 6.61 Å². The first kappa shape index (κ1) is 11.1. The van der Waals surface area contributed by atoms with Crippen LogP contribution in [0, 0.1) is 23.7 Å². The van der Waals surface area contributed by atoms with Gasteiger partial charge in [0.1, 0.15) is 5.75 Å². The third-order valence-electron chi connectivity index (χ3n) is 1.94. The van der Waals surface area contributed by atoms with E-state index < -0.39 is 0 Å². The Morgan fingerprint density at radius 3 is 2.60 bits per heavy atom. The first-order valence-corrected chi connectivity index (χ1v) is 4.89. The summed E-state index contributed by atoms with van der Waals surface area (Å²) in [5.41, 5.74) is 1.01. The zero-order valence-electron chi connectivity index (χ0n) is 8.57. The maximum absolute atomic E-state index is 8.49. The lowest BCUT2D eigenvalue weighted by Gasteiger charge is -2.04. The van der Waals surface area contributed by atoms with E-state index in [4.69, 9.17) is 16.4 Å². The average Bonchev–Trinajstić information content (AvgIpc) is 2.27. The topological polar surface area (TPSA) is 33.0 Å². The number of hydrogen-bond acceptors (Lipinski definition) is 2. The molecule has 1 aromatic carbocycles. The Balaban J connectivity index is 2.37. The third-order valence-corrected chi connectivity index (χ3v) is 1.94. The van der Waals surface area contributed by atoms with Crippen LogP contribution >= 0.6 is 0 Å². The number of unbranched alkanes of at least 4 members (excludes halogenated alkanes) is 1. The van der Waals surface area contributed by atoms with Gasteiger partial charge in [0.2, 0.25) is 0 Å². The highest BCUT2D eigenvalue weighted by Gasteiger charge is 1.94. The van der Waals surface area contributed by atoms with Crippen LogP contribution in [-0.2, 0) is 6.42 Å². The van der Waals surface area contributed by atoms with Gasteiger partial charge in [-0.1, -0.05) is 12.1 Å². The Bertz CT molecular complexity index is 367. The molecule has 0 N–H and O–H groups in total. The highest BCUT2D eigenvalue weighted by molar-refractivity contribution is 5.28. The van der Waals surface area contributed by atoms with Crippen molar-refractivity contribution in [1.82, 2.24) is 0 Å². The van der Waals surface area contributed by atoms with Gasteiger partial charge in [0.15, 0.2) is 0 Å². The van der Waals surface area contributed by atoms with E-state index >= 15 is 0 Å². The van der Waals surface area contributed by atoms with Crippen molar-refractivity contribution >= 4 is 0 Å². The molecule has 0 atom stereocenters. The highest BCUT2D eigenvalue weighted by atomic mass is 16.5. The molecule has 2 heteroatoms. The van der Waals surface area contributed by atoms with Gasteiger partial charge in [-0.15, -0.1) is 12.3 Å². The van der Waals surface area contributed by atoms with Crippen LogP contribution in [0.15, 0.2) is 24.3 Å². The van der Waals surface area contributed by atoms with Crippen molar-refractivity contribution in [3.63, 3.8) is 0 Å². The molecular weight excluding hydrogens is 186 g/mol. The normalized spacial score (nSPS) is 8.93. The monoisotopic (exact) mass is 199 g/mol. The molecule has 15 heavy (non-hydrogen) atoms. The maximum Gasteiger partial charge on any atom is 0.119 e. The van der Waals surface area contributed by atoms with Crippen LogP contribution in [0.2, 0.25) is 0 Å². The summed E-state index contributed by atoms with van der Waals surface area (Å²) in [6, 6.07) is 9.66. The van der Waals surface area contributed by atoms with E-state index in [9.17, 15) is 0 Å². The molecule has 0 heterocycles. The Morgan fingerprint density at radius 1 is 1.27 bits per heavy atom. The molecule has 0 amide bonds. The zero-order chi connectivity index (χ0) is 10.9. The standard InChI is InChI=1S/C13H13NO/c1-2-3-4-11-15-13-7-5-12(6-8-13)9-10-14/h1,5-8H,3-4,9,11H2. The van der Waals surface area contributed by atoms with E-state index in [0.29, 0.717) is 13.0 Å². The van der Waals surface area contributed by atoms with Crippen LogP contribution in [0.1, 0.15) is 18.4 Å². The van der Waals surface area contributed by atoms with Crippen molar-refractivity contribution in [2.45, 2.75) is 19.3 Å². The lowest BCUT2D eigenvalue weighted by atomic mass is 10.2. The van der Waals surface area contributed by atoms with Gasteiger partial charge in [-0.25, -0.2) is 0 Å². The van der Waals surface area contributed by atoms with E-state index in [-0.39, 0.29) is 0 Å². The molecule has 76 valence electrons. The second-order valence-electron chi connectivity index (χ2n) is 3.13. The molecule has 0 aliphatic rings. The maximum atomic E-state index is 8.49. The number of nitrogens with zero attached hydrogens (tertiary/aromatic N) is 1. The molecule has 1 rings (SSSR count). The number of rotatable bonds is 5. The van der Waals surface area contributed by atoms with E-state index in [1.165, 1.54) is 0 Å². The molecule has 0 bridgehead atoms. The fourth-order valence-electron chi connectivity index (χ4n) is 1.16. The van der Waals surface area contributed by atoms with Crippen LogP contribution in [0.4, 0.5) is 0 Å². The van der Waals surface area contributed by atoms with Crippen LogP contribution in [0.25, 0.3) is 0 Å². The van der Waals surface area contributed by atoms with Crippen molar-refractivity contribution < 1.29 is 4.74 Å². The average molecular weight is 199 g/mol. The number of terminal acetylenes is 1. The van der Waals surface area contributed by atoms with Gasteiger partial charge >= 0.3 is 0 Å². The van der Waals surface area contributed by atoms with Crippen LogP contribution < -0.4 is 4.74 Å². The van der Waals surface area contributed by atoms with E-state index in [0.717, 1.165) is 24.2 Å². The summed E-state index contributed by atoms with van der Waals surface area (Å²) in [6.07, 6.45) is 7.18. The van der Waals surface area contributed by atoms with Crippen molar-refractivity contribution in [3.05, 3.63) is 29.8 Å². The zero-order valence-corrected chi connectivity index (χ0v) is 8.57. The smallest absolute Gasteiger partial charge is 0.119 e. The molecule has 0 unspecified atom stereocenters. The lowest BCUT2D eigenvalue weighted by molar-refractivity contribution is 0.313. The second-order valence-corrected chi connectivity index (χ2v) is 3.13. The Morgan fingerprint density at radius 2 is 2.00 bits per heavy atom. The molecule has 0 spiro atoms. The van der Waals surface area contributed by atoms with Gasteiger partial charge in [0, 0.05) is 6.42 Å². The van der Waals surface area contributed by atoms with Crippen LogP contribution in [0.3, 0.4) is 0 Å². The van der Waals surface area contributed by atoms with Gasteiger partial charge in [0.05, 0.1) is 19.1 Å². The van der Waals surface area contributed by atoms with E-state index in [1.807, 2.05) is 24.3 Å². The molecule has 0 aliphatic heterocycles. The van der Waals surface area contributed by atoms with Crippen molar-refractivity contribution in [3.8, 4) is 24.2 Å². The molecular formula is C13H13NO. The molecule has 0 saturated carbocycles. The Labute approximate surface area is 90.5 Å². The molecule has 2 nitrogen and oxygen atoms in total. The van der Waals surface area contributed by atoms with E-state index in [1.54, 1.807) is 0 Å². The molecule has 0 fully saturated rings. The summed E-state index contributed by atoms with van der Waals surface area (Å²) in [4.78, 5) is 0. The Kier molecular flexibility index (Phi) is 4.84. The fourth-order valence-corrected chi connectivity index (χ4v) is 1.16. The van der Waals surface area contributed by atoms with Gasteiger partial charge in [-0.05, 0) is 24.1 Å². The minimum atomic E-state index is 0.442. The lowest BCUT2D eigenvalue weighted by Crippen LogP contribution is -1.96. The molecule has 1 aromatic rings. The fraction of sp³-hybridized carbons (Fsp3) is 0.308. The summed E-state index contributed by atoms with van der Waals surface area (Å²) >= 11 is 0. The number of ether oxygens (including phenoxy) is 1. The molecule has 0 aromatic heterocycles. The van der Waals surface area contributed by atoms with Crippen molar-refractivity contribution in [2.75, 3.05) is 6.61 Å². The first-order valence-electron chi connectivity index (χ1n) is 4.89. The number of benzene rings is 1. The minimum absolute atomic E-state index is 0.442. The van der Waals surface area contributed by atoms with Gasteiger partial charge < -0.3 is 4.74 Å². The highest BCUT2D eigenvalue weighted by Crippen LogP contribution is 2.12. The number of nitriles is 1. The number of hydrogen-bond donors (Lipinski definition) is 0. The molecule has 0 aliphatic carbocycles. The summed E-state index contributed by atoms with van der Waals surface area (Å²) in [5.74, 6) is 3.39. The summed E-state index contributed by atoms with van der Waals surface area (Å²) in [7, 11) is 0. The van der Waals surface area contributed by atoms with E-state index in [2.05, 4.69) is 12.0 Å². The van der Waals surface area contributed by atoms with Gasteiger partial charge in [0.25, 0.3) is 0 Å². The summed E-state index contributed by atoms with van der Waals surface area (Å²) in [5, 5.41) is 8.49.